The minimum absolute atomic E-state index is 0.0518. The second-order valence-corrected chi connectivity index (χ2v) is 10.1. The lowest BCUT2D eigenvalue weighted by Gasteiger charge is -2.30. The molecule has 32 heavy (non-hydrogen) atoms. The summed E-state index contributed by atoms with van der Waals surface area (Å²) >= 11 is 0. The molecule has 1 N–H and O–H groups in total. The lowest BCUT2D eigenvalue weighted by molar-refractivity contribution is -0.120. The number of nitrogens with one attached hydrogen (secondary N) is 1. The van der Waals surface area contributed by atoms with E-state index in [0.29, 0.717) is 30.8 Å². The molecular weight excluding hydrogens is 420 g/mol. The van der Waals surface area contributed by atoms with Crippen LogP contribution in [0.15, 0.2) is 89.8 Å². The Hall–Kier alpha value is -3.22. The first-order valence-electron chi connectivity index (χ1n) is 10.8. The van der Waals surface area contributed by atoms with Crippen LogP contribution in [-0.2, 0) is 14.8 Å². The van der Waals surface area contributed by atoms with Crippen molar-refractivity contribution < 1.29 is 13.2 Å². The molecule has 4 aromatic carbocycles. The SMILES string of the molecule is O=C(Nc1cccc2ccccc12)C1CCN(S(=O)(=O)c2ccc3ccccc3c2)CC1. The van der Waals surface area contributed by atoms with Gasteiger partial charge in [-0.15, -0.1) is 0 Å². The molecule has 0 aliphatic carbocycles. The summed E-state index contributed by atoms with van der Waals surface area (Å²) < 4.78 is 27.8. The van der Waals surface area contributed by atoms with Gasteiger partial charge < -0.3 is 5.32 Å². The highest BCUT2D eigenvalue weighted by Gasteiger charge is 2.32. The third-order valence-electron chi connectivity index (χ3n) is 6.23. The standard InChI is InChI=1S/C26H24N2O3S/c29-26(27-25-11-5-9-20-7-3-4-10-24(20)25)21-14-16-28(17-15-21)32(30,31)23-13-12-19-6-1-2-8-22(19)18-23/h1-13,18,21H,14-17H2,(H,27,29). The van der Waals surface area contributed by atoms with Crippen LogP contribution in [0.3, 0.4) is 0 Å². The summed E-state index contributed by atoms with van der Waals surface area (Å²) in [5.74, 6) is -0.263. The first kappa shape index (κ1) is 20.7. The van der Waals surface area contributed by atoms with Gasteiger partial charge in [-0.3, -0.25) is 4.79 Å². The molecule has 0 unspecified atom stereocenters. The van der Waals surface area contributed by atoms with E-state index in [1.807, 2.05) is 72.8 Å². The predicted octanol–water partition coefficient (Wildman–Crippen LogP) is 5.03. The van der Waals surface area contributed by atoms with Gasteiger partial charge in [0.2, 0.25) is 15.9 Å². The highest BCUT2D eigenvalue weighted by Crippen LogP contribution is 2.28. The highest BCUT2D eigenvalue weighted by atomic mass is 32.2. The molecule has 1 fully saturated rings. The third-order valence-corrected chi connectivity index (χ3v) is 8.13. The van der Waals surface area contributed by atoms with Crippen molar-refractivity contribution in [1.82, 2.24) is 4.31 Å². The zero-order chi connectivity index (χ0) is 22.1. The maximum absolute atomic E-state index is 13.2. The predicted molar refractivity (Wildman–Crippen MR) is 128 cm³/mol. The number of benzene rings is 4. The Bertz CT molecular complexity index is 1400. The number of hydrogen-bond donors (Lipinski definition) is 1. The first-order chi connectivity index (χ1) is 15.5. The topological polar surface area (TPSA) is 66.5 Å². The molecule has 0 radical (unpaired) electrons. The summed E-state index contributed by atoms with van der Waals surface area (Å²) in [4.78, 5) is 13.2. The van der Waals surface area contributed by atoms with Gasteiger partial charge >= 0.3 is 0 Å². The number of hydrogen-bond acceptors (Lipinski definition) is 3. The molecule has 0 saturated carbocycles. The molecule has 0 aromatic heterocycles. The molecule has 4 aromatic rings. The Morgan fingerprint density at radius 3 is 2.22 bits per heavy atom. The van der Waals surface area contributed by atoms with E-state index in [-0.39, 0.29) is 11.8 Å². The van der Waals surface area contributed by atoms with Crippen molar-refractivity contribution in [2.24, 2.45) is 5.92 Å². The monoisotopic (exact) mass is 444 g/mol. The van der Waals surface area contributed by atoms with Crippen LogP contribution < -0.4 is 5.32 Å². The van der Waals surface area contributed by atoms with Crippen molar-refractivity contribution in [2.75, 3.05) is 18.4 Å². The molecule has 0 spiro atoms. The van der Waals surface area contributed by atoms with Crippen LogP contribution in [0.5, 0.6) is 0 Å². The molecule has 1 saturated heterocycles. The first-order valence-corrected chi connectivity index (χ1v) is 12.2. The van der Waals surface area contributed by atoms with Crippen molar-refractivity contribution in [3.8, 4) is 0 Å². The zero-order valence-corrected chi connectivity index (χ0v) is 18.4. The van der Waals surface area contributed by atoms with E-state index >= 15 is 0 Å². The van der Waals surface area contributed by atoms with E-state index in [1.165, 1.54) is 4.31 Å². The van der Waals surface area contributed by atoms with Crippen molar-refractivity contribution in [3.63, 3.8) is 0 Å². The fraction of sp³-hybridized carbons (Fsp3) is 0.192. The molecular formula is C26H24N2O3S. The summed E-state index contributed by atoms with van der Waals surface area (Å²) in [5.41, 5.74) is 0.791. The number of sulfonamides is 1. The van der Waals surface area contributed by atoms with E-state index in [9.17, 15) is 13.2 Å². The van der Waals surface area contributed by atoms with Crippen LogP contribution in [0.4, 0.5) is 5.69 Å². The Balaban J connectivity index is 1.28. The van der Waals surface area contributed by atoms with Crippen LogP contribution >= 0.6 is 0 Å². The fourth-order valence-electron chi connectivity index (χ4n) is 4.40. The zero-order valence-electron chi connectivity index (χ0n) is 17.6. The fourth-order valence-corrected chi connectivity index (χ4v) is 5.91. The van der Waals surface area contributed by atoms with Gasteiger partial charge in [0.15, 0.2) is 0 Å². The molecule has 1 heterocycles. The van der Waals surface area contributed by atoms with Gasteiger partial charge in [-0.1, -0.05) is 66.7 Å². The van der Waals surface area contributed by atoms with E-state index in [1.54, 1.807) is 12.1 Å². The Kier molecular flexibility index (Phi) is 5.41. The average Bonchev–Trinajstić information content (AvgIpc) is 2.84. The number of anilines is 1. The second kappa shape index (κ2) is 8.37. The molecule has 0 bridgehead atoms. The Labute approximate surface area is 187 Å². The van der Waals surface area contributed by atoms with Crippen molar-refractivity contribution in [2.45, 2.75) is 17.7 Å². The minimum Gasteiger partial charge on any atom is -0.325 e. The number of rotatable bonds is 4. The van der Waals surface area contributed by atoms with Crippen molar-refractivity contribution in [1.29, 1.82) is 0 Å². The van der Waals surface area contributed by atoms with Crippen molar-refractivity contribution >= 4 is 43.2 Å². The quantitative estimate of drug-likeness (QED) is 0.480. The van der Waals surface area contributed by atoms with Gasteiger partial charge in [0.1, 0.15) is 0 Å². The molecule has 1 amide bonds. The van der Waals surface area contributed by atoms with Gasteiger partial charge in [0, 0.05) is 30.1 Å². The Morgan fingerprint density at radius 1 is 0.781 bits per heavy atom. The Morgan fingerprint density at radius 2 is 1.44 bits per heavy atom. The number of carbonyl (C=O) groups is 1. The van der Waals surface area contributed by atoms with Gasteiger partial charge in [-0.2, -0.15) is 4.31 Å². The normalized spacial score (nSPS) is 15.8. The van der Waals surface area contributed by atoms with Crippen LogP contribution in [0.25, 0.3) is 21.5 Å². The summed E-state index contributed by atoms with van der Waals surface area (Å²) in [6.07, 6.45) is 1.01. The van der Waals surface area contributed by atoms with Crippen LogP contribution in [0, 0.1) is 5.92 Å². The van der Waals surface area contributed by atoms with Gasteiger partial charge in [0.25, 0.3) is 0 Å². The highest BCUT2D eigenvalue weighted by molar-refractivity contribution is 7.89. The second-order valence-electron chi connectivity index (χ2n) is 8.20. The number of amides is 1. The summed E-state index contributed by atoms with van der Waals surface area (Å²) in [5, 5.41) is 7.03. The smallest absolute Gasteiger partial charge is 0.243 e. The molecule has 1 aliphatic heterocycles. The van der Waals surface area contributed by atoms with E-state index in [4.69, 9.17) is 0 Å². The van der Waals surface area contributed by atoms with Crippen LogP contribution in [0.2, 0.25) is 0 Å². The minimum atomic E-state index is -3.59. The van der Waals surface area contributed by atoms with E-state index in [2.05, 4.69) is 5.32 Å². The van der Waals surface area contributed by atoms with Crippen LogP contribution in [0.1, 0.15) is 12.8 Å². The number of carbonyl (C=O) groups excluding carboxylic acids is 1. The van der Waals surface area contributed by atoms with E-state index < -0.39 is 10.0 Å². The summed E-state index contributed by atoms with van der Waals surface area (Å²) in [6.45, 7) is 0.672. The van der Waals surface area contributed by atoms with E-state index in [0.717, 1.165) is 27.2 Å². The van der Waals surface area contributed by atoms with Crippen LogP contribution in [-0.4, -0.2) is 31.7 Å². The maximum atomic E-state index is 13.2. The molecule has 1 aliphatic rings. The number of piperidine rings is 1. The molecule has 162 valence electrons. The molecule has 5 nitrogen and oxygen atoms in total. The van der Waals surface area contributed by atoms with Gasteiger partial charge in [-0.05, 0) is 47.2 Å². The molecule has 5 rings (SSSR count). The summed E-state index contributed by atoms with van der Waals surface area (Å²) in [7, 11) is -3.59. The van der Waals surface area contributed by atoms with Gasteiger partial charge in [0.05, 0.1) is 4.90 Å². The third kappa shape index (κ3) is 3.87. The largest absolute Gasteiger partial charge is 0.325 e. The van der Waals surface area contributed by atoms with Crippen molar-refractivity contribution in [3.05, 3.63) is 84.9 Å². The van der Waals surface area contributed by atoms with Gasteiger partial charge in [-0.25, -0.2) is 8.42 Å². The number of nitrogens with zero attached hydrogens (tertiary/aromatic N) is 1. The lowest BCUT2D eigenvalue weighted by atomic mass is 9.97. The molecule has 6 heteroatoms. The number of fused-ring (bicyclic) bond motifs is 2. The lowest BCUT2D eigenvalue weighted by Crippen LogP contribution is -2.41. The average molecular weight is 445 g/mol. The molecule has 0 atom stereocenters. The summed E-state index contributed by atoms with van der Waals surface area (Å²) in [6, 6.07) is 26.7. The maximum Gasteiger partial charge on any atom is 0.243 e.